The first-order chi connectivity index (χ1) is 8.59. The predicted molar refractivity (Wildman–Crippen MR) is 71.3 cm³/mol. The first-order valence-electron chi connectivity index (χ1n) is 5.13. The lowest BCUT2D eigenvalue weighted by molar-refractivity contribution is 0.0782. The number of aromatic amines is 1. The zero-order valence-electron chi connectivity index (χ0n) is 9.52. The van der Waals surface area contributed by atoms with Crippen molar-refractivity contribution in [2.45, 2.75) is 6.54 Å². The van der Waals surface area contributed by atoms with Gasteiger partial charge in [-0.25, -0.2) is 4.98 Å². The molecular weight excluding hydrogens is 320 g/mol. The van der Waals surface area contributed by atoms with Crippen LogP contribution in [0.5, 0.6) is 0 Å². The van der Waals surface area contributed by atoms with Gasteiger partial charge in [0.1, 0.15) is 12.2 Å². The number of nitrogens with one attached hydrogen (secondary N) is 1. The molecule has 0 aliphatic carbocycles. The molecule has 7 heteroatoms. The number of hydrogen-bond acceptors (Lipinski definition) is 3. The lowest BCUT2D eigenvalue weighted by atomic mass is 10.2. The number of amides is 1. The summed E-state index contributed by atoms with van der Waals surface area (Å²) >= 11 is 9.38. The second-order valence-corrected chi connectivity index (χ2v) is 4.93. The van der Waals surface area contributed by atoms with Crippen LogP contribution < -0.4 is 0 Å². The quantitative estimate of drug-likeness (QED) is 0.941. The minimum atomic E-state index is -0.169. The molecule has 0 atom stereocenters. The first-order valence-corrected chi connectivity index (χ1v) is 6.30. The van der Waals surface area contributed by atoms with Crippen LogP contribution in [0.3, 0.4) is 0 Å². The van der Waals surface area contributed by atoms with Crippen LogP contribution >= 0.6 is 27.5 Å². The van der Waals surface area contributed by atoms with Gasteiger partial charge >= 0.3 is 0 Å². The van der Waals surface area contributed by atoms with Crippen molar-refractivity contribution in [1.82, 2.24) is 20.1 Å². The Hall–Kier alpha value is -1.40. The van der Waals surface area contributed by atoms with Crippen LogP contribution in [0.25, 0.3) is 0 Å². The summed E-state index contributed by atoms with van der Waals surface area (Å²) in [6.45, 7) is 0.349. The smallest absolute Gasteiger partial charge is 0.255 e. The van der Waals surface area contributed by atoms with Crippen LogP contribution in [-0.4, -0.2) is 33.0 Å². The lowest BCUT2D eigenvalue weighted by Gasteiger charge is -2.16. The van der Waals surface area contributed by atoms with E-state index in [1.807, 2.05) is 0 Å². The van der Waals surface area contributed by atoms with Crippen molar-refractivity contribution in [2.75, 3.05) is 7.05 Å². The molecule has 18 heavy (non-hydrogen) atoms. The van der Waals surface area contributed by atoms with Crippen LogP contribution in [-0.2, 0) is 6.54 Å². The summed E-state index contributed by atoms with van der Waals surface area (Å²) < 4.78 is 0.697. The molecule has 0 saturated carbocycles. The van der Waals surface area contributed by atoms with Crippen molar-refractivity contribution in [2.24, 2.45) is 0 Å². The summed E-state index contributed by atoms with van der Waals surface area (Å²) in [7, 11) is 1.68. The Morgan fingerprint density at radius 3 is 3.00 bits per heavy atom. The second kappa shape index (κ2) is 5.49. The summed E-state index contributed by atoms with van der Waals surface area (Å²) in [5.74, 6) is 0.453. The van der Waals surface area contributed by atoms with Crippen molar-refractivity contribution in [1.29, 1.82) is 0 Å². The highest BCUT2D eigenvalue weighted by Gasteiger charge is 2.17. The molecule has 1 aromatic carbocycles. The zero-order chi connectivity index (χ0) is 13.1. The molecule has 0 aliphatic heterocycles. The van der Waals surface area contributed by atoms with Crippen LogP contribution in [0.15, 0.2) is 29.0 Å². The third-order valence-corrected chi connectivity index (χ3v) is 3.68. The maximum Gasteiger partial charge on any atom is 0.255 e. The van der Waals surface area contributed by atoms with Crippen molar-refractivity contribution < 1.29 is 4.79 Å². The van der Waals surface area contributed by atoms with E-state index in [1.54, 1.807) is 25.2 Å². The third-order valence-electron chi connectivity index (χ3n) is 2.38. The van der Waals surface area contributed by atoms with Gasteiger partial charge in [0.2, 0.25) is 0 Å². The van der Waals surface area contributed by atoms with Crippen molar-refractivity contribution in [3.05, 3.63) is 45.4 Å². The van der Waals surface area contributed by atoms with E-state index in [-0.39, 0.29) is 5.91 Å². The fourth-order valence-electron chi connectivity index (χ4n) is 1.48. The second-order valence-electron chi connectivity index (χ2n) is 3.69. The largest absolute Gasteiger partial charge is 0.334 e. The molecule has 1 aromatic heterocycles. The fraction of sp³-hybridized carbons (Fsp3) is 0.182. The number of rotatable bonds is 3. The number of aromatic nitrogens is 3. The molecule has 0 aliphatic rings. The van der Waals surface area contributed by atoms with E-state index in [2.05, 4.69) is 31.1 Å². The highest BCUT2D eigenvalue weighted by molar-refractivity contribution is 9.10. The van der Waals surface area contributed by atoms with Crippen LogP contribution in [0.2, 0.25) is 5.02 Å². The Morgan fingerprint density at radius 2 is 2.33 bits per heavy atom. The van der Waals surface area contributed by atoms with E-state index in [0.717, 1.165) is 0 Å². The Morgan fingerprint density at radius 1 is 1.56 bits per heavy atom. The van der Waals surface area contributed by atoms with Gasteiger partial charge in [0.15, 0.2) is 0 Å². The Labute approximate surface area is 117 Å². The molecule has 0 saturated heterocycles. The minimum Gasteiger partial charge on any atom is -0.334 e. The minimum absolute atomic E-state index is 0.169. The molecule has 0 spiro atoms. The molecule has 1 heterocycles. The SMILES string of the molecule is CN(Cc1ncn[nH]1)C(=O)c1cccc(Br)c1Cl. The number of carbonyl (C=O) groups is 1. The number of carbonyl (C=O) groups excluding carboxylic acids is 1. The Kier molecular flexibility index (Phi) is 3.98. The monoisotopic (exact) mass is 328 g/mol. The standard InChI is InChI=1S/C11H10BrClN4O/c1-17(5-9-14-6-15-16-9)11(18)7-3-2-4-8(12)10(7)13/h2-4,6H,5H2,1H3,(H,14,15,16). The topological polar surface area (TPSA) is 61.9 Å². The maximum atomic E-state index is 12.2. The zero-order valence-corrected chi connectivity index (χ0v) is 11.9. The van der Waals surface area contributed by atoms with Gasteiger partial charge in [-0.3, -0.25) is 9.89 Å². The van der Waals surface area contributed by atoms with Crippen LogP contribution in [0.4, 0.5) is 0 Å². The highest BCUT2D eigenvalue weighted by Crippen LogP contribution is 2.26. The number of benzene rings is 1. The Balaban J connectivity index is 2.18. The van der Waals surface area contributed by atoms with Gasteiger partial charge in [-0.15, -0.1) is 0 Å². The molecule has 2 rings (SSSR count). The molecule has 1 N–H and O–H groups in total. The van der Waals surface area contributed by atoms with Gasteiger partial charge in [-0.2, -0.15) is 5.10 Å². The molecule has 94 valence electrons. The van der Waals surface area contributed by atoms with Crippen LogP contribution in [0.1, 0.15) is 16.2 Å². The number of H-pyrrole nitrogens is 1. The predicted octanol–water partition coefficient (Wildman–Crippen LogP) is 2.49. The van der Waals surface area contributed by atoms with Crippen molar-refractivity contribution in [3.8, 4) is 0 Å². The van der Waals surface area contributed by atoms with Crippen molar-refractivity contribution >= 4 is 33.4 Å². The third kappa shape index (κ3) is 2.70. The van der Waals surface area contributed by atoms with E-state index < -0.39 is 0 Å². The maximum absolute atomic E-state index is 12.2. The summed E-state index contributed by atoms with van der Waals surface area (Å²) in [6, 6.07) is 5.24. The van der Waals surface area contributed by atoms with Crippen molar-refractivity contribution in [3.63, 3.8) is 0 Å². The van der Waals surface area contributed by atoms with Gasteiger partial charge in [0.25, 0.3) is 5.91 Å². The molecule has 0 radical (unpaired) electrons. The molecule has 0 fully saturated rings. The summed E-state index contributed by atoms with van der Waals surface area (Å²) in [5, 5.41) is 6.84. The number of halogens is 2. The van der Waals surface area contributed by atoms with Gasteiger partial charge in [0, 0.05) is 11.5 Å². The molecular formula is C11H10BrClN4O. The van der Waals surface area contributed by atoms with Gasteiger partial charge in [0.05, 0.1) is 17.1 Å². The highest BCUT2D eigenvalue weighted by atomic mass is 79.9. The van der Waals surface area contributed by atoms with Gasteiger partial charge in [-0.1, -0.05) is 17.7 Å². The van der Waals surface area contributed by atoms with Crippen LogP contribution in [0, 0.1) is 0 Å². The fourth-order valence-corrected chi connectivity index (χ4v) is 2.05. The summed E-state index contributed by atoms with van der Waals surface area (Å²) in [5.41, 5.74) is 0.452. The number of hydrogen-bond donors (Lipinski definition) is 1. The van der Waals surface area contributed by atoms with Gasteiger partial charge in [-0.05, 0) is 28.1 Å². The summed E-state index contributed by atoms with van der Waals surface area (Å²) in [4.78, 5) is 17.7. The lowest BCUT2D eigenvalue weighted by Crippen LogP contribution is -2.27. The molecule has 2 aromatic rings. The molecule has 0 bridgehead atoms. The molecule has 0 unspecified atom stereocenters. The first kappa shape index (κ1) is 13.0. The van der Waals surface area contributed by atoms with E-state index in [4.69, 9.17) is 11.6 Å². The molecule has 1 amide bonds. The average molecular weight is 330 g/mol. The van der Waals surface area contributed by atoms with E-state index >= 15 is 0 Å². The molecule has 5 nitrogen and oxygen atoms in total. The van der Waals surface area contributed by atoms with E-state index in [9.17, 15) is 4.79 Å². The summed E-state index contributed by atoms with van der Waals surface area (Å²) in [6.07, 6.45) is 1.40. The average Bonchev–Trinajstić information content (AvgIpc) is 2.84. The normalized spacial score (nSPS) is 10.4. The Bertz CT molecular complexity index is 558. The van der Waals surface area contributed by atoms with E-state index in [1.165, 1.54) is 11.2 Å². The van der Waals surface area contributed by atoms with Gasteiger partial charge < -0.3 is 4.90 Å². The van der Waals surface area contributed by atoms with E-state index in [0.29, 0.717) is 27.4 Å². The number of nitrogens with zero attached hydrogens (tertiary/aromatic N) is 3.